The van der Waals surface area contributed by atoms with Crippen LogP contribution in [-0.4, -0.2) is 24.5 Å². The fourth-order valence-electron chi connectivity index (χ4n) is 8.87. The van der Waals surface area contributed by atoms with Gasteiger partial charge in [-0.3, -0.25) is 0 Å². The summed E-state index contributed by atoms with van der Waals surface area (Å²) >= 11 is 0. The minimum Gasteiger partial charge on any atom is -0.308 e. The van der Waals surface area contributed by atoms with Crippen molar-refractivity contribution in [1.82, 2.24) is 24.5 Å². The van der Waals surface area contributed by atoms with Gasteiger partial charge in [0.05, 0.1) is 57.7 Å². The molecule has 0 bridgehead atoms. The molecule has 0 atom stereocenters. The fraction of sp³-hybridized carbons (Fsp3) is 0.0169. The number of nitrogens with zero attached hydrogens (tertiary/aromatic N) is 7. The van der Waals surface area contributed by atoms with Crippen LogP contribution in [0.1, 0.15) is 11.1 Å². The normalized spacial score (nSPS) is 11.4. The Morgan fingerprint density at radius 1 is 0.449 bits per heavy atom. The van der Waals surface area contributed by atoms with Gasteiger partial charge in [-0.05, 0) is 53.6 Å². The lowest BCUT2D eigenvalue weighted by molar-refractivity contribution is -0.137. The van der Waals surface area contributed by atoms with Crippen LogP contribution >= 0.6 is 0 Å². The van der Waals surface area contributed by atoms with Crippen molar-refractivity contribution >= 4 is 27.5 Å². The molecule has 69 heavy (non-hydrogen) atoms. The molecular formula is C59H34F3N7. The summed E-state index contributed by atoms with van der Waals surface area (Å²) < 4.78 is 49.3. The standard InChI is InChI=1S/C59H34F3N7/c1-64-44-27-29-45(42(30-44)36-63)41-26-28-47-46-24-14-15-25-54(46)69(55(47)31-41)56-48(52-34-50(37-16-6-2-7-17-37)65-57(67-52)39-20-10-4-11-21-39)32-43(59(60,61)62)33-49(56)53-35-51(38-18-8-3-9-19-38)66-58(68-53)40-22-12-5-13-23-40/h2-35H. The average Bonchev–Trinajstić information content (AvgIpc) is 3.74. The van der Waals surface area contributed by atoms with Crippen molar-refractivity contribution in [3.8, 4) is 90.7 Å². The summed E-state index contributed by atoms with van der Waals surface area (Å²) in [6, 6.07) is 64.4. The Morgan fingerprint density at radius 3 is 1.43 bits per heavy atom. The van der Waals surface area contributed by atoms with Gasteiger partial charge in [-0.15, -0.1) is 0 Å². The second-order valence-electron chi connectivity index (χ2n) is 16.3. The van der Waals surface area contributed by atoms with Crippen molar-refractivity contribution < 1.29 is 13.2 Å². The number of hydrogen-bond acceptors (Lipinski definition) is 5. The second kappa shape index (κ2) is 17.4. The molecule has 0 saturated carbocycles. The lowest BCUT2D eigenvalue weighted by atomic mass is 9.95. The van der Waals surface area contributed by atoms with Crippen molar-refractivity contribution in [2.24, 2.45) is 0 Å². The van der Waals surface area contributed by atoms with Gasteiger partial charge in [-0.2, -0.15) is 18.4 Å². The molecule has 11 rings (SSSR count). The van der Waals surface area contributed by atoms with E-state index in [0.717, 1.165) is 21.9 Å². The van der Waals surface area contributed by atoms with E-state index in [1.54, 1.807) is 30.3 Å². The Morgan fingerprint density at radius 2 is 0.928 bits per heavy atom. The van der Waals surface area contributed by atoms with Gasteiger partial charge < -0.3 is 4.57 Å². The number of alkyl halides is 3. The number of benzene rings is 8. The van der Waals surface area contributed by atoms with Crippen LogP contribution in [0.15, 0.2) is 206 Å². The van der Waals surface area contributed by atoms with Crippen LogP contribution in [0.3, 0.4) is 0 Å². The van der Waals surface area contributed by atoms with E-state index in [1.165, 1.54) is 12.1 Å². The highest BCUT2D eigenvalue weighted by Gasteiger charge is 2.35. The molecule has 3 heterocycles. The molecule has 8 aromatic carbocycles. The molecule has 0 radical (unpaired) electrons. The van der Waals surface area contributed by atoms with Crippen molar-refractivity contribution in [2.45, 2.75) is 6.18 Å². The third-order valence-electron chi connectivity index (χ3n) is 12.1. The molecule has 10 heteroatoms. The van der Waals surface area contributed by atoms with Crippen molar-refractivity contribution in [2.75, 3.05) is 0 Å². The Hall–Kier alpha value is -9.51. The fourth-order valence-corrected chi connectivity index (χ4v) is 8.87. The summed E-state index contributed by atoms with van der Waals surface area (Å²) in [6.45, 7) is 7.59. The van der Waals surface area contributed by atoms with Gasteiger partial charge in [0, 0.05) is 49.7 Å². The molecule has 0 saturated heterocycles. The molecular weight excluding hydrogens is 864 g/mol. The van der Waals surface area contributed by atoms with Crippen LogP contribution < -0.4 is 0 Å². The molecule has 0 spiro atoms. The van der Waals surface area contributed by atoms with E-state index in [9.17, 15) is 5.26 Å². The van der Waals surface area contributed by atoms with E-state index in [4.69, 9.17) is 26.5 Å². The first-order chi connectivity index (χ1) is 33.7. The Bertz CT molecular complexity index is 3580. The van der Waals surface area contributed by atoms with E-state index in [-0.39, 0.29) is 22.5 Å². The van der Waals surface area contributed by atoms with E-state index < -0.39 is 11.7 Å². The SMILES string of the molecule is [C-]#[N+]c1ccc(-c2ccc3c4ccccc4n(-c4c(-c5cc(-c6ccccc6)nc(-c6ccccc6)n5)cc(C(F)(F)F)cc4-c4cc(-c5ccccc5)nc(-c5ccccc5)n4)c3c2)c(C#N)c1. The van der Waals surface area contributed by atoms with Crippen LogP contribution in [0.4, 0.5) is 18.9 Å². The molecule has 3 aromatic heterocycles. The monoisotopic (exact) mass is 897 g/mol. The van der Waals surface area contributed by atoms with Gasteiger partial charge in [0.1, 0.15) is 0 Å². The maximum atomic E-state index is 15.8. The third kappa shape index (κ3) is 7.92. The molecule has 11 aromatic rings. The maximum absolute atomic E-state index is 15.8. The van der Waals surface area contributed by atoms with Gasteiger partial charge >= 0.3 is 6.18 Å². The number of halogens is 3. The molecule has 0 unspecified atom stereocenters. The summed E-state index contributed by atoms with van der Waals surface area (Å²) in [5.74, 6) is 0.654. The first-order valence-electron chi connectivity index (χ1n) is 22.0. The highest BCUT2D eigenvalue weighted by molar-refractivity contribution is 6.11. The van der Waals surface area contributed by atoms with Crippen LogP contribution in [0.5, 0.6) is 0 Å². The van der Waals surface area contributed by atoms with Crippen molar-refractivity contribution in [1.29, 1.82) is 5.26 Å². The minimum absolute atomic E-state index is 0.171. The van der Waals surface area contributed by atoms with E-state index >= 15 is 13.2 Å². The average molecular weight is 898 g/mol. The predicted molar refractivity (Wildman–Crippen MR) is 266 cm³/mol. The van der Waals surface area contributed by atoms with E-state index in [0.29, 0.717) is 73.3 Å². The number of hydrogen-bond donors (Lipinski definition) is 0. The molecule has 0 fully saturated rings. The molecule has 0 aliphatic rings. The van der Waals surface area contributed by atoms with E-state index in [1.807, 2.05) is 168 Å². The van der Waals surface area contributed by atoms with Crippen LogP contribution in [0.2, 0.25) is 0 Å². The zero-order valence-electron chi connectivity index (χ0n) is 36.4. The summed E-state index contributed by atoms with van der Waals surface area (Å²) in [7, 11) is 0. The molecule has 7 nitrogen and oxygen atoms in total. The lowest BCUT2D eigenvalue weighted by Gasteiger charge is -2.22. The topological polar surface area (TPSA) is 84.6 Å². The zero-order chi connectivity index (χ0) is 47.1. The summed E-state index contributed by atoms with van der Waals surface area (Å²) in [4.78, 5) is 23.8. The number of nitriles is 1. The molecule has 0 amide bonds. The minimum atomic E-state index is -4.81. The van der Waals surface area contributed by atoms with Crippen LogP contribution in [0, 0.1) is 17.9 Å². The highest BCUT2D eigenvalue weighted by Crippen LogP contribution is 2.46. The van der Waals surface area contributed by atoms with Crippen LogP contribution in [-0.2, 0) is 6.18 Å². The number of para-hydroxylation sites is 1. The number of fused-ring (bicyclic) bond motifs is 3. The molecule has 326 valence electrons. The molecule has 0 aliphatic carbocycles. The van der Waals surface area contributed by atoms with Crippen molar-refractivity contribution in [3.05, 3.63) is 229 Å². The van der Waals surface area contributed by atoms with Gasteiger partial charge in [-0.1, -0.05) is 164 Å². The first-order valence-corrected chi connectivity index (χ1v) is 22.0. The zero-order valence-corrected chi connectivity index (χ0v) is 36.4. The lowest BCUT2D eigenvalue weighted by Crippen LogP contribution is -2.10. The van der Waals surface area contributed by atoms with Crippen LogP contribution in [0.25, 0.3) is 111 Å². The predicted octanol–water partition coefficient (Wildman–Crippen LogP) is 15.5. The molecule has 0 N–H and O–H groups in total. The van der Waals surface area contributed by atoms with Gasteiger partial charge in [0.2, 0.25) is 0 Å². The smallest absolute Gasteiger partial charge is 0.308 e. The Labute approximate surface area is 394 Å². The molecule has 0 aliphatic heterocycles. The second-order valence-corrected chi connectivity index (χ2v) is 16.3. The highest BCUT2D eigenvalue weighted by atomic mass is 19.4. The van der Waals surface area contributed by atoms with E-state index in [2.05, 4.69) is 10.9 Å². The summed E-state index contributed by atoms with van der Waals surface area (Å²) in [6.07, 6.45) is -4.81. The third-order valence-corrected chi connectivity index (χ3v) is 12.1. The largest absolute Gasteiger partial charge is 0.416 e. The number of rotatable bonds is 8. The van der Waals surface area contributed by atoms with Gasteiger partial charge in [0.25, 0.3) is 0 Å². The number of aromatic nitrogens is 5. The van der Waals surface area contributed by atoms with Gasteiger partial charge in [0.15, 0.2) is 17.3 Å². The Kier molecular flexibility index (Phi) is 10.6. The Balaban J connectivity index is 1.32. The van der Waals surface area contributed by atoms with Gasteiger partial charge in [-0.25, -0.2) is 24.8 Å². The van der Waals surface area contributed by atoms with Crippen molar-refractivity contribution in [3.63, 3.8) is 0 Å². The quantitative estimate of drug-likeness (QED) is 0.142. The summed E-state index contributed by atoms with van der Waals surface area (Å²) in [5.41, 5.74) is 7.47. The maximum Gasteiger partial charge on any atom is 0.416 e. The first kappa shape index (κ1) is 42.1. The summed E-state index contributed by atoms with van der Waals surface area (Å²) in [5, 5.41) is 12.0.